The number of hydrogen-bond donors (Lipinski definition) is 0. The molecule has 0 saturated carbocycles. The molecular weight excluding hydrogens is 386 g/mol. The SMILES string of the molecule is [2H]c1c([2H])c([2H])c(-c2c([2H])c([2H])c3c(c2[2H])c2c([2H])c(-c4c([2H])c([2H])c([2H])c([2H])c4[2H])c([2H])c([2H])c2n3-c2c([2H])c([2H])c([2H])c(C)c2[2H])c([2H])c1[2H]. The van der Waals surface area contributed by atoms with Gasteiger partial charge in [0.1, 0.15) is 0 Å². The zero-order valence-corrected chi connectivity index (χ0v) is 16.4. The monoisotopic (exact) mass is 429 g/mol. The molecule has 0 spiro atoms. The smallest absolute Gasteiger partial charge is 0.0648 e. The molecule has 0 aliphatic heterocycles. The van der Waals surface area contributed by atoms with Crippen LogP contribution in [-0.4, -0.2) is 4.57 Å². The fourth-order valence-electron chi connectivity index (χ4n) is 3.37. The maximum absolute atomic E-state index is 9.40. The van der Waals surface area contributed by atoms with Gasteiger partial charge in [0.05, 0.1) is 38.4 Å². The second-order valence-electron chi connectivity index (χ2n) is 6.76. The van der Waals surface area contributed by atoms with Crippen molar-refractivity contribution in [2.45, 2.75) is 6.92 Å². The molecule has 0 amide bonds. The molecule has 32 heavy (non-hydrogen) atoms. The lowest BCUT2D eigenvalue weighted by Crippen LogP contribution is -1.94. The third-order valence-electron chi connectivity index (χ3n) is 4.74. The van der Waals surface area contributed by atoms with Gasteiger partial charge >= 0.3 is 0 Å². The van der Waals surface area contributed by atoms with Crippen LogP contribution in [0.3, 0.4) is 0 Å². The fourth-order valence-corrected chi connectivity index (χ4v) is 3.37. The quantitative estimate of drug-likeness (QED) is 0.266. The summed E-state index contributed by atoms with van der Waals surface area (Å²) >= 11 is 0. The number of aromatic nitrogens is 1. The van der Waals surface area contributed by atoms with Crippen molar-refractivity contribution in [3.8, 4) is 27.9 Å². The molecular formula is C31H23N. The second-order valence-corrected chi connectivity index (χ2v) is 6.76. The molecule has 0 bridgehead atoms. The van der Waals surface area contributed by atoms with Crippen LogP contribution < -0.4 is 0 Å². The molecule has 6 rings (SSSR count). The maximum atomic E-state index is 9.40. The van der Waals surface area contributed by atoms with Crippen LogP contribution in [0.25, 0.3) is 49.7 Å². The Morgan fingerprint density at radius 3 is 1.56 bits per heavy atom. The summed E-state index contributed by atoms with van der Waals surface area (Å²) in [5.74, 6) is 0. The van der Waals surface area contributed by atoms with Gasteiger partial charge in [0.2, 0.25) is 0 Å². The normalized spacial score (nSPS) is 20.0. The Morgan fingerprint density at radius 2 is 1.03 bits per heavy atom. The van der Waals surface area contributed by atoms with Crippen molar-refractivity contribution in [2.75, 3.05) is 0 Å². The van der Waals surface area contributed by atoms with E-state index in [-0.39, 0.29) is 5.56 Å². The summed E-state index contributed by atoms with van der Waals surface area (Å²) < 4.78 is 173. The summed E-state index contributed by atoms with van der Waals surface area (Å²) in [6.07, 6.45) is 0. The average Bonchev–Trinajstić information content (AvgIpc) is 3.47. The van der Waals surface area contributed by atoms with E-state index in [0.29, 0.717) is 0 Å². The molecule has 0 fully saturated rings. The van der Waals surface area contributed by atoms with Crippen LogP contribution in [-0.2, 0) is 0 Å². The van der Waals surface area contributed by atoms with E-state index in [9.17, 15) is 5.48 Å². The molecule has 0 aliphatic carbocycles. The van der Waals surface area contributed by atoms with Crippen molar-refractivity contribution in [1.82, 2.24) is 4.57 Å². The van der Waals surface area contributed by atoms with Gasteiger partial charge in [-0.3, -0.25) is 0 Å². The molecule has 0 saturated heterocycles. The molecule has 0 unspecified atom stereocenters. The maximum Gasteiger partial charge on any atom is 0.0648 e. The molecule has 0 atom stereocenters. The standard InChI is InChI=1S/C31H23N/c1-22-9-8-14-27(19-22)32-30-17-15-25(23-10-4-2-5-11-23)20-28(30)29-21-26(16-18-31(29)32)24-12-6-3-7-13-24/h2-21H,1H3/i2D,3D,4D,5D,6D,7D,8D,9D,10D,11D,12D,13D,14D,15D,16D,17D,18D,19D,20D,21D. The molecule has 6 aromatic rings. The first-order valence-corrected chi connectivity index (χ1v) is 9.42. The van der Waals surface area contributed by atoms with Crippen molar-refractivity contribution in [1.29, 1.82) is 0 Å². The number of fused-ring (bicyclic) bond motifs is 3. The Morgan fingerprint density at radius 1 is 0.500 bits per heavy atom. The van der Waals surface area contributed by atoms with Crippen molar-refractivity contribution >= 4 is 21.8 Å². The Hall–Kier alpha value is -4.10. The van der Waals surface area contributed by atoms with E-state index in [2.05, 4.69) is 0 Å². The van der Waals surface area contributed by atoms with E-state index in [1.807, 2.05) is 0 Å². The van der Waals surface area contributed by atoms with Crippen molar-refractivity contribution in [2.24, 2.45) is 0 Å². The molecule has 1 heteroatoms. The first-order valence-electron chi connectivity index (χ1n) is 19.4. The van der Waals surface area contributed by atoms with Gasteiger partial charge in [-0.15, -0.1) is 0 Å². The van der Waals surface area contributed by atoms with Gasteiger partial charge in [0.15, 0.2) is 0 Å². The summed E-state index contributed by atoms with van der Waals surface area (Å²) in [4.78, 5) is 0. The van der Waals surface area contributed by atoms with E-state index in [4.69, 9.17) is 21.9 Å². The minimum absolute atomic E-state index is 0.107. The number of rotatable bonds is 3. The Bertz CT molecular complexity index is 2410. The second kappa shape index (κ2) is 7.55. The number of benzene rings is 5. The lowest BCUT2D eigenvalue weighted by atomic mass is 10.0. The van der Waals surface area contributed by atoms with Crippen molar-refractivity contribution < 1.29 is 27.4 Å². The van der Waals surface area contributed by atoms with Gasteiger partial charge in [-0.2, -0.15) is 0 Å². The first-order chi connectivity index (χ1) is 24.1. The van der Waals surface area contributed by atoms with Gasteiger partial charge < -0.3 is 4.57 Å². The number of nitrogens with zero attached hydrogens (tertiary/aromatic N) is 1. The zero-order chi connectivity index (χ0) is 38.9. The van der Waals surface area contributed by atoms with E-state index < -0.39 is 171 Å². The van der Waals surface area contributed by atoms with Crippen LogP contribution in [0.2, 0.25) is 0 Å². The highest BCUT2D eigenvalue weighted by Gasteiger charge is 2.14. The Balaban J connectivity index is 2.00. The summed E-state index contributed by atoms with van der Waals surface area (Å²) in [6.45, 7) is 1.31. The van der Waals surface area contributed by atoms with Crippen LogP contribution in [0.4, 0.5) is 0 Å². The van der Waals surface area contributed by atoms with Crippen LogP contribution in [0.15, 0.2) is 121 Å². The minimum Gasteiger partial charge on any atom is -0.309 e. The van der Waals surface area contributed by atoms with Gasteiger partial charge in [0, 0.05) is 16.5 Å². The molecule has 0 radical (unpaired) electrons. The van der Waals surface area contributed by atoms with E-state index >= 15 is 0 Å². The van der Waals surface area contributed by atoms with Crippen LogP contribution >= 0.6 is 0 Å². The van der Waals surface area contributed by atoms with E-state index in [1.165, 1.54) is 6.92 Å². The van der Waals surface area contributed by atoms with E-state index in [1.54, 1.807) is 0 Å². The van der Waals surface area contributed by atoms with Gasteiger partial charge in [-0.05, 0) is 71.0 Å². The Kier molecular flexibility index (Phi) is 1.70. The van der Waals surface area contributed by atoms with Crippen LogP contribution in [0.5, 0.6) is 0 Å². The summed E-state index contributed by atoms with van der Waals surface area (Å²) in [5, 5.41) is -0.967. The number of hydrogen-bond acceptors (Lipinski definition) is 0. The molecule has 0 aliphatic rings. The van der Waals surface area contributed by atoms with Crippen LogP contribution in [0.1, 0.15) is 33.0 Å². The highest BCUT2D eigenvalue weighted by molar-refractivity contribution is 6.11. The molecule has 1 nitrogen and oxygen atoms in total. The third-order valence-corrected chi connectivity index (χ3v) is 4.74. The highest BCUT2D eigenvalue weighted by Crippen LogP contribution is 2.37. The first kappa shape index (κ1) is 7.21. The summed E-state index contributed by atoms with van der Waals surface area (Å²) in [6, 6.07) is -15.5. The predicted octanol–water partition coefficient (Wildman–Crippen LogP) is 8.43. The largest absolute Gasteiger partial charge is 0.309 e. The van der Waals surface area contributed by atoms with Gasteiger partial charge in [-0.1, -0.05) is 84.6 Å². The minimum atomic E-state index is -0.854. The summed E-state index contributed by atoms with van der Waals surface area (Å²) in [7, 11) is 0. The molecule has 152 valence electrons. The molecule has 1 heterocycles. The van der Waals surface area contributed by atoms with E-state index in [0.717, 1.165) is 4.57 Å². The van der Waals surface area contributed by atoms with Crippen LogP contribution in [0, 0.1) is 6.92 Å². The molecule has 5 aromatic carbocycles. The van der Waals surface area contributed by atoms with Gasteiger partial charge in [-0.25, -0.2) is 0 Å². The Labute approximate surface area is 216 Å². The zero-order valence-electron chi connectivity index (χ0n) is 36.4. The van der Waals surface area contributed by atoms with Crippen molar-refractivity contribution in [3.63, 3.8) is 0 Å². The average molecular weight is 430 g/mol. The fraction of sp³-hybridized carbons (Fsp3) is 0.0323. The lowest BCUT2D eigenvalue weighted by Gasteiger charge is -2.09. The summed E-state index contributed by atoms with van der Waals surface area (Å²) in [5.41, 5.74) is -4.18. The van der Waals surface area contributed by atoms with Gasteiger partial charge in [0.25, 0.3) is 0 Å². The molecule has 1 aromatic heterocycles. The van der Waals surface area contributed by atoms with Crippen molar-refractivity contribution in [3.05, 3.63) is 126 Å². The predicted molar refractivity (Wildman–Crippen MR) is 136 cm³/mol. The molecule has 0 N–H and O–H groups in total. The lowest BCUT2D eigenvalue weighted by molar-refractivity contribution is 1.17. The highest BCUT2D eigenvalue weighted by atomic mass is 15.0. The third kappa shape index (κ3) is 3.11. The topological polar surface area (TPSA) is 4.93 Å².